The quantitative estimate of drug-likeness (QED) is 0.454. The van der Waals surface area contributed by atoms with Crippen LogP contribution in [0.2, 0.25) is 5.02 Å². The third kappa shape index (κ3) is 3.77. The molecule has 2 aromatic carbocycles. The largest absolute Gasteiger partial charge is 0.507 e. The van der Waals surface area contributed by atoms with Crippen LogP contribution in [0.1, 0.15) is 24.5 Å². The number of piperazine rings is 1. The second-order valence-corrected chi connectivity index (χ2v) is 8.60. The highest BCUT2D eigenvalue weighted by atomic mass is 35.5. The molecule has 1 N–H and O–H groups in total. The summed E-state index contributed by atoms with van der Waals surface area (Å²) in [5, 5.41) is 21.5. The molecule has 2 heterocycles. The first-order chi connectivity index (χ1) is 15.6. The van der Waals surface area contributed by atoms with Crippen molar-refractivity contribution in [3.8, 4) is 16.9 Å². The van der Waals surface area contributed by atoms with Gasteiger partial charge in [0.2, 0.25) is 0 Å². The van der Waals surface area contributed by atoms with Crippen molar-refractivity contribution in [2.45, 2.75) is 18.8 Å². The zero-order chi connectivity index (χ0) is 22.2. The summed E-state index contributed by atoms with van der Waals surface area (Å²) >= 11 is 6.63. The Morgan fingerprint density at radius 2 is 1.88 bits per heavy atom. The first-order valence-electron chi connectivity index (χ1n) is 10.7. The van der Waals surface area contributed by atoms with Crippen molar-refractivity contribution in [2.24, 2.45) is 0 Å². The molecule has 8 heteroatoms. The van der Waals surface area contributed by atoms with Gasteiger partial charge in [-0.1, -0.05) is 17.7 Å². The monoisotopic (exact) mass is 452 g/mol. The Balaban J connectivity index is 1.60. The highest BCUT2D eigenvalue weighted by Gasteiger charge is 2.30. The SMILES string of the molecule is O=CC=CN1CCN(c2nnc(C3CC3)c3cc(-c4c(O)cccc4F)c(Cl)cc23)CC1. The fourth-order valence-electron chi connectivity index (χ4n) is 4.28. The van der Waals surface area contributed by atoms with Gasteiger partial charge in [-0.3, -0.25) is 4.79 Å². The van der Waals surface area contributed by atoms with Gasteiger partial charge in [0.15, 0.2) is 5.82 Å². The molecule has 164 valence electrons. The molecule has 3 aromatic rings. The number of anilines is 1. The van der Waals surface area contributed by atoms with Gasteiger partial charge in [0.1, 0.15) is 17.9 Å². The Bertz CT molecular complexity index is 1200. The summed E-state index contributed by atoms with van der Waals surface area (Å²) in [6.07, 6.45) is 6.17. The number of phenolic OH excluding ortho intramolecular Hbond substituents is 1. The van der Waals surface area contributed by atoms with Gasteiger partial charge in [-0.05, 0) is 43.2 Å². The van der Waals surface area contributed by atoms with E-state index in [1.165, 1.54) is 24.3 Å². The Morgan fingerprint density at radius 3 is 2.56 bits per heavy atom. The van der Waals surface area contributed by atoms with E-state index < -0.39 is 5.82 Å². The van der Waals surface area contributed by atoms with Crippen LogP contribution in [0.25, 0.3) is 21.9 Å². The van der Waals surface area contributed by atoms with Crippen LogP contribution in [0.4, 0.5) is 10.2 Å². The fourth-order valence-corrected chi connectivity index (χ4v) is 4.54. The van der Waals surface area contributed by atoms with E-state index in [4.69, 9.17) is 11.6 Å². The van der Waals surface area contributed by atoms with E-state index in [0.29, 0.717) is 16.5 Å². The Morgan fingerprint density at radius 1 is 1.09 bits per heavy atom. The van der Waals surface area contributed by atoms with Crippen molar-refractivity contribution in [1.82, 2.24) is 15.1 Å². The number of rotatable bonds is 5. The van der Waals surface area contributed by atoms with Gasteiger partial charge >= 0.3 is 0 Å². The summed E-state index contributed by atoms with van der Waals surface area (Å²) in [6, 6.07) is 7.88. The second-order valence-electron chi connectivity index (χ2n) is 8.20. The van der Waals surface area contributed by atoms with Crippen molar-refractivity contribution in [3.05, 3.63) is 59.1 Å². The average Bonchev–Trinajstić information content (AvgIpc) is 3.63. The zero-order valence-electron chi connectivity index (χ0n) is 17.3. The number of phenols is 1. The molecule has 5 rings (SSSR count). The summed E-state index contributed by atoms with van der Waals surface area (Å²) in [6.45, 7) is 2.96. The van der Waals surface area contributed by atoms with Crippen LogP contribution in [0.15, 0.2) is 42.6 Å². The third-order valence-corrected chi connectivity index (χ3v) is 6.40. The molecule has 0 radical (unpaired) electrons. The normalized spacial score (nSPS) is 16.8. The number of nitrogens with zero attached hydrogens (tertiary/aromatic N) is 4. The second kappa shape index (κ2) is 8.39. The lowest BCUT2D eigenvalue weighted by atomic mass is 9.98. The predicted octanol–water partition coefficient (Wildman–Crippen LogP) is 4.51. The number of halogens is 2. The van der Waals surface area contributed by atoms with E-state index in [0.717, 1.165) is 67.6 Å². The fraction of sp³-hybridized carbons (Fsp3) is 0.292. The first-order valence-corrected chi connectivity index (χ1v) is 11.0. The van der Waals surface area contributed by atoms with Crippen LogP contribution in [0.3, 0.4) is 0 Å². The standard InChI is InChI=1S/C24H22ClFN4O2/c25-19-14-17-16(13-18(19)22-20(26)3-1-4-21(22)32)23(15-5-6-15)27-28-24(17)30-10-8-29(9-11-30)7-2-12-31/h1-4,7,12-15,32H,5-6,8-11H2. The Kier molecular flexibility index (Phi) is 5.43. The van der Waals surface area contributed by atoms with Crippen LogP contribution in [0, 0.1) is 5.82 Å². The number of hydrogen-bond acceptors (Lipinski definition) is 6. The minimum atomic E-state index is -0.527. The maximum Gasteiger partial charge on any atom is 0.159 e. The molecule has 0 amide bonds. The molecular formula is C24H22ClFN4O2. The maximum atomic E-state index is 14.6. The number of allylic oxidation sites excluding steroid dienone is 1. The maximum absolute atomic E-state index is 14.6. The van der Waals surface area contributed by atoms with Crippen LogP contribution in [-0.4, -0.2) is 52.7 Å². The van der Waals surface area contributed by atoms with Gasteiger partial charge in [0.25, 0.3) is 0 Å². The number of fused-ring (bicyclic) bond motifs is 1. The minimum Gasteiger partial charge on any atom is -0.507 e. The highest BCUT2D eigenvalue weighted by Crippen LogP contribution is 2.46. The van der Waals surface area contributed by atoms with Gasteiger partial charge in [-0.2, -0.15) is 5.10 Å². The topological polar surface area (TPSA) is 69.6 Å². The molecule has 1 aromatic heterocycles. The van der Waals surface area contributed by atoms with Crippen molar-refractivity contribution in [2.75, 3.05) is 31.1 Å². The molecule has 0 spiro atoms. The lowest BCUT2D eigenvalue weighted by Gasteiger charge is -2.35. The van der Waals surface area contributed by atoms with E-state index in [1.54, 1.807) is 6.20 Å². The molecule has 0 bridgehead atoms. The zero-order valence-corrected chi connectivity index (χ0v) is 18.1. The number of benzene rings is 2. The van der Waals surface area contributed by atoms with Gasteiger partial charge in [0, 0.05) is 59.7 Å². The smallest absolute Gasteiger partial charge is 0.159 e. The molecular weight excluding hydrogens is 431 g/mol. The molecule has 32 heavy (non-hydrogen) atoms. The van der Waals surface area contributed by atoms with Crippen LogP contribution in [-0.2, 0) is 4.79 Å². The van der Waals surface area contributed by atoms with Crippen LogP contribution in [0.5, 0.6) is 5.75 Å². The molecule has 2 fully saturated rings. The van der Waals surface area contributed by atoms with Crippen LogP contribution >= 0.6 is 11.6 Å². The Labute approximate surface area is 189 Å². The lowest BCUT2D eigenvalue weighted by molar-refractivity contribution is -0.104. The van der Waals surface area contributed by atoms with Crippen molar-refractivity contribution >= 4 is 34.5 Å². The van der Waals surface area contributed by atoms with Gasteiger partial charge < -0.3 is 14.9 Å². The number of carbonyl (C=O) groups excluding carboxylic acids is 1. The van der Waals surface area contributed by atoms with E-state index in [-0.39, 0.29) is 11.3 Å². The third-order valence-electron chi connectivity index (χ3n) is 6.09. The van der Waals surface area contributed by atoms with Crippen molar-refractivity contribution < 1.29 is 14.3 Å². The molecule has 1 aliphatic carbocycles. The van der Waals surface area contributed by atoms with E-state index >= 15 is 0 Å². The van der Waals surface area contributed by atoms with Gasteiger partial charge in [0.05, 0.1) is 11.3 Å². The molecule has 1 saturated heterocycles. The molecule has 0 unspecified atom stereocenters. The average molecular weight is 453 g/mol. The van der Waals surface area contributed by atoms with Crippen molar-refractivity contribution in [3.63, 3.8) is 0 Å². The molecule has 6 nitrogen and oxygen atoms in total. The number of aldehydes is 1. The number of hydrogen-bond donors (Lipinski definition) is 1. The molecule has 1 saturated carbocycles. The van der Waals surface area contributed by atoms with E-state index in [1.807, 2.05) is 12.1 Å². The van der Waals surface area contributed by atoms with E-state index in [9.17, 15) is 14.3 Å². The summed E-state index contributed by atoms with van der Waals surface area (Å²) in [5.41, 5.74) is 1.43. The molecule has 2 aliphatic rings. The summed E-state index contributed by atoms with van der Waals surface area (Å²) in [7, 11) is 0. The lowest BCUT2D eigenvalue weighted by Crippen LogP contribution is -2.44. The number of aromatic nitrogens is 2. The van der Waals surface area contributed by atoms with Gasteiger partial charge in [-0.15, -0.1) is 5.10 Å². The first kappa shape index (κ1) is 20.7. The van der Waals surface area contributed by atoms with Crippen LogP contribution < -0.4 is 4.90 Å². The van der Waals surface area contributed by atoms with Gasteiger partial charge in [-0.25, -0.2) is 4.39 Å². The molecule has 1 aliphatic heterocycles. The summed E-state index contributed by atoms with van der Waals surface area (Å²) < 4.78 is 14.6. The number of carbonyl (C=O) groups is 1. The predicted molar refractivity (Wildman–Crippen MR) is 123 cm³/mol. The number of aromatic hydroxyl groups is 1. The molecule has 0 atom stereocenters. The minimum absolute atomic E-state index is 0.0927. The Hall–Kier alpha value is -3.19. The van der Waals surface area contributed by atoms with Crippen molar-refractivity contribution in [1.29, 1.82) is 0 Å². The summed E-state index contributed by atoms with van der Waals surface area (Å²) in [4.78, 5) is 14.8. The summed E-state index contributed by atoms with van der Waals surface area (Å²) in [5.74, 6) is 0.407. The highest BCUT2D eigenvalue weighted by molar-refractivity contribution is 6.34. The van der Waals surface area contributed by atoms with E-state index in [2.05, 4.69) is 20.0 Å².